The molecule has 0 bridgehead atoms. The molecular formula is C15H14N4O2. The zero-order chi connectivity index (χ0) is 15.0. The number of amides is 1. The Morgan fingerprint density at radius 1 is 1.19 bits per heavy atom. The highest BCUT2D eigenvalue weighted by Crippen LogP contribution is 2.28. The second-order valence-corrected chi connectivity index (χ2v) is 4.78. The second-order valence-electron chi connectivity index (χ2n) is 4.78. The Hall–Kier alpha value is -2.76. The van der Waals surface area contributed by atoms with Gasteiger partial charge in [-0.05, 0) is 32.9 Å². The van der Waals surface area contributed by atoms with Gasteiger partial charge in [-0.3, -0.25) is 9.78 Å². The number of nitrogens with zero attached hydrogens (tertiary/aromatic N) is 3. The molecule has 0 aliphatic rings. The highest BCUT2D eigenvalue weighted by Gasteiger charge is 2.17. The molecule has 21 heavy (non-hydrogen) atoms. The fourth-order valence-corrected chi connectivity index (χ4v) is 2.18. The van der Waals surface area contributed by atoms with Crippen molar-refractivity contribution in [1.29, 1.82) is 0 Å². The molecule has 1 N–H and O–H groups in total. The minimum absolute atomic E-state index is 0.251. The van der Waals surface area contributed by atoms with Gasteiger partial charge in [0.1, 0.15) is 17.9 Å². The normalized spacial score (nSPS) is 10.8. The van der Waals surface area contributed by atoms with Crippen LogP contribution in [0.3, 0.4) is 0 Å². The largest absolute Gasteiger partial charge is 0.443 e. The number of carbonyl (C=O) groups excluding carboxylic acids is 1. The number of carbonyl (C=O) groups is 1. The first-order valence-electron chi connectivity index (χ1n) is 6.51. The number of anilines is 1. The molecule has 6 heteroatoms. The van der Waals surface area contributed by atoms with E-state index in [2.05, 4.69) is 20.3 Å². The third-order valence-electron chi connectivity index (χ3n) is 3.45. The molecule has 3 heterocycles. The molecule has 0 aliphatic heterocycles. The van der Waals surface area contributed by atoms with Crippen LogP contribution in [0.2, 0.25) is 0 Å². The van der Waals surface area contributed by atoms with Crippen LogP contribution in [0.15, 0.2) is 29.1 Å². The molecule has 0 fully saturated rings. The van der Waals surface area contributed by atoms with Crippen LogP contribution >= 0.6 is 0 Å². The van der Waals surface area contributed by atoms with Gasteiger partial charge in [0, 0.05) is 17.5 Å². The van der Waals surface area contributed by atoms with Gasteiger partial charge in [0.05, 0.1) is 10.9 Å². The first-order chi connectivity index (χ1) is 10.1. The number of nitrogens with one attached hydrogen (secondary N) is 1. The predicted octanol–water partition coefficient (Wildman–Crippen LogP) is 2.80. The van der Waals surface area contributed by atoms with Gasteiger partial charge in [-0.15, -0.1) is 0 Å². The van der Waals surface area contributed by atoms with Crippen molar-refractivity contribution in [2.24, 2.45) is 0 Å². The monoisotopic (exact) mass is 282 g/mol. The van der Waals surface area contributed by atoms with E-state index in [-0.39, 0.29) is 5.91 Å². The Balaban J connectivity index is 2.03. The summed E-state index contributed by atoms with van der Waals surface area (Å²) < 4.78 is 5.54. The van der Waals surface area contributed by atoms with Crippen molar-refractivity contribution in [3.63, 3.8) is 0 Å². The smallest absolute Gasteiger partial charge is 0.258 e. The Morgan fingerprint density at radius 3 is 2.76 bits per heavy atom. The Kier molecular flexibility index (Phi) is 3.13. The summed E-state index contributed by atoms with van der Waals surface area (Å²) in [5, 5.41) is 3.53. The lowest BCUT2D eigenvalue weighted by molar-refractivity contribution is 0.102. The lowest BCUT2D eigenvalue weighted by Crippen LogP contribution is -2.15. The number of rotatable bonds is 2. The highest BCUT2D eigenvalue weighted by molar-refractivity contribution is 6.08. The second kappa shape index (κ2) is 4.97. The van der Waals surface area contributed by atoms with Gasteiger partial charge in [0.15, 0.2) is 0 Å². The molecule has 6 nitrogen and oxygen atoms in total. The first-order valence-corrected chi connectivity index (χ1v) is 6.51. The van der Waals surface area contributed by atoms with E-state index in [0.717, 1.165) is 16.7 Å². The van der Waals surface area contributed by atoms with E-state index in [4.69, 9.17) is 4.42 Å². The third kappa shape index (κ3) is 2.24. The van der Waals surface area contributed by atoms with Gasteiger partial charge in [-0.1, -0.05) is 0 Å². The van der Waals surface area contributed by atoms with Crippen molar-refractivity contribution in [3.05, 3.63) is 47.2 Å². The summed E-state index contributed by atoms with van der Waals surface area (Å²) in [5.74, 6) is 0.958. The number of fused-ring (bicyclic) bond motifs is 1. The van der Waals surface area contributed by atoms with E-state index in [0.29, 0.717) is 22.8 Å². The van der Waals surface area contributed by atoms with Gasteiger partial charge >= 0.3 is 0 Å². The number of furan rings is 1. The lowest BCUT2D eigenvalue weighted by atomic mass is 10.2. The lowest BCUT2D eigenvalue weighted by Gasteiger charge is -2.07. The molecule has 0 saturated heterocycles. The third-order valence-corrected chi connectivity index (χ3v) is 3.45. The number of pyridine rings is 1. The van der Waals surface area contributed by atoms with Crippen LogP contribution in [0.4, 0.5) is 5.82 Å². The summed E-state index contributed by atoms with van der Waals surface area (Å²) in [5.41, 5.74) is 2.57. The molecule has 0 saturated carbocycles. The molecule has 3 aromatic rings. The SMILES string of the molecule is Cc1ncccc1C(=O)Nc1ncnc2oc(C)c(C)c12. The van der Waals surface area contributed by atoms with Crippen LogP contribution in [-0.2, 0) is 0 Å². The number of hydrogen-bond acceptors (Lipinski definition) is 5. The molecule has 0 unspecified atom stereocenters. The molecule has 0 aromatic carbocycles. The van der Waals surface area contributed by atoms with Crippen molar-refractivity contribution in [2.45, 2.75) is 20.8 Å². The highest BCUT2D eigenvalue weighted by atomic mass is 16.3. The summed E-state index contributed by atoms with van der Waals surface area (Å²) in [6, 6.07) is 3.45. The van der Waals surface area contributed by atoms with Crippen LogP contribution in [0.1, 0.15) is 27.4 Å². The molecule has 0 aliphatic carbocycles. The van der Waals surface area contributed by atoms with Gasteiger partial charge in [-0.25, -0.2) is 9.97 Å². The molecule has 0 atom stereocenters. The standard InChI is InChI=1S/C15H14N4O2/c1-8-10(3)21-15-12(8)13(17-7-18-15)19-14(20)11-5-4-6-16-9(11)2/h4-7H,1-3H3,(H,17,18,19,20). The molecule has 0 spiro atoms. The minimum atomic E-state index is -0.251. The zero-order valence-corrected chi connectivity index (χ0v) is 12.0. The van der Waals surface area contributed by atoms with Crippen LogP contribution in [-0.4, -0.2) is 20.9 Å². The van der Waals surface area contributed by atoms with Gasteiger partial charge in [-0.2, -0.15) is 0 Å². The van der Waals surface area contributed by atoms with Crippen LogP contribution < -0.4 is 5.32 Å². The number of aromatic nitrogens is 3. The number of hydrogen-bond donors (Lipinski definition) is 1. The van der Waals surface area contributed by atoms with E-state index < -0.39 is 0 Å². The van der Waals surface area contributed by atoms with Crippen LogP contribution in [0.5, 0.6) is 0 Å². The summed E-state index contributed by atoms with van der Waals surface area (Å²) in [6.45, 7) is 5.56. The topological polar surface area (TPSA) is 80.9 Å². The molecular weight excluding hydrogens is 268 g/mol. The molecule has 0 radical (unpaired) electrons. The van der Waals surface area contributed by atoms with E-state index in [1.807, 2.05) is 13.8 Å². The van der Waals surface area contributed by atoms with Crippen LogP contribution in [0, 0.1) is 20.8 Å². The fourth-order valence-electron chi connectivity index (χ4n) is 2.18. The maximum Gasteiger partial charge on any atom is 0.258 e. The fraction of sp³-hybridized carbons (Fsp3) is 0.200. The Morgan fingerprint density at radius 2 is 2.00 bits per heavy atom. The maximum absolute atomic E-state index is 12.4. The molecule has 106 valence electrons. The summed E-state index contributed by atoms with van der Waals surface area (Å²) >= 11 is 0. The average molecular weight is 282 g/mol. The van der Waals surface area contributed by atoms with Crippen molar-refractivity contribution in [1.82, 2.24) is 15.0 Å². The summed E-state index contributed by atoms with van der Waals surface area (Å²) in [7, 11) is 0. The summed E-state index contributed by atoms with van der Waals surface area (Å²) in [6.07, 6.45) is 3.02. The Bertz CT molecular complexity index is 839. The van der Waals surface area contributed by atoms with Gasteiger partial charge < -0.3 is 9.73 Å². The van der Waals surface area contributed by atoms with Crippen molar-refractivity contribution < 1.29 is 9.21 Å². The van der Waals surface area contributed by atoms with E-state index >= 15 is 0 Å². The Labute approximate surface area is 121 Å². The molecule has 3 aromatic heterocycles. The average Bonchev–Trinajstić information content (AvgIpc) is 2.75. The first kappa shape index (κ1) is 13.2. The van der Waals surface area contributed by atoms with E-state index in [9.17, 15) is 4.79 Å². The summed E-state index contributed by atoms with van der Waals surface area (Å²) in [4.78, 5) is 24.7. The van der Waals surface area contributed by atoms with Crippen molar-refractivity contribution >= 4 is 22.8 Å². The van der Waals surface area contributed by atoms with Crippen LogP contribution in [0.25, 0.3) is 11.1 Å². The predicted molar refractivity (Wildman–Crippen MR) is 78.2 cm³/mol. The molecule has 3 rings (SSSR count). The zero-order valence-electron chi connectivity index (χ0n) is 12.0. The quantitative estimate of drug-likeness (QED) is 0.781. The minimum Gasteiger partial charge on any atom is -0.443 e. The van der Waals surface area contributed by atoms with Gasteiger partial charge in [0.25, 0.3) is 5.91 Å². The van der Waals surface area contributed by atoms with Crippen molar-refractivity contribution in [3.8, 4) is 0 Å². The van der Waals surface area contributed by atoms with Gasteiger partial charge in [0.2, 0.25) is 5.71 Å². The van der Waals surface area contributed by atoms with E-state index in [1.165, 1.54) is 6.33 Å². The van der Waals surface area contributed by atoms with Crippen molar-refractivity contribution in [2.75, 3.05) is 5.32 Å². The maximum atomic E-state index is 12.4. The number of aryl methyl sites for hydroxylation is 3. The molecule has 1 amide bonds. The van der Waals surface area contributed by atoms with E-state index in [1.54, 1.807) is 25.3 Å².